The van der Waals surface area contributed by atoms with Gasteiger partial charge in [0.05, 0.1) is 12.5 Å². The van der Waals surface area contributed by atoms with Gasteiger partial charge in [0.25, 0.3) is 0 Å². The van der Waals surface area contributed by atoms with Crippen molar-refractivity contribution in [3.8, 4) is 0 Å². The molecule has 0 aliphatic rings. The molecule has 2 heterocycles. The molecule has 0 radical (unpaired) electrons. The van der Waals surface area contributed by atoms with Gasteiger partial charge in [-0.25, -0.2) is 0 Å². The first kappa shape index (κ1) is 9.52. The summed E-state index contributed by atoms with van der Waals surface area (Å²) in [5.41, 5.74) is 3.17. The van der Waals surface area contributed by atoms with Gasteiger partial charge >= 0.3 is 0 Å². The molecule has 3 rings (SSSR count). The van der Waals surface area contributed by atoms with Crippen LogP contribution < -0.4 is 0 Å². The van der Waals surface area contributed by atoms with Crippen molar-refractivity contribution in [2.75, 3.05) is 0 Å². The minimum Gasteiger partial charge on any atom is -0.464 e. The van der Waals surface area contributed by atoms with E-state index in [-0.39, 0.29) is 5.41 Å². The van der Waals surface area contributed by atoms with Crippen molar-refractivity contribution in [3.63, 3.8) is 0 Å². The highest BCUT2D eigenvalue weighted by atomic mass is 16.3. The third-order valence-electron chi connectivity index (χ3n) is 2.92. The Balaban J connectivity index is 2.57. The van der Waals surface area contributed by atoms with Crippen molar-refractivity contribution in [2.24, 2.45) is 0 Å². The van der Waals surface area contributed by atoms with E-state index in [1.165, 1.54) is 5.56 Å². The van der Waals surface area contributed by atoms with Crippen LogP contribution in [0.5, 0.6) is 0 Å². The molecule has 0 N–H and O–H groups in total. The van der Waals surface area contributed by atoms with Crippen molar-refractivity contribution < 1.29 is 8.83 Å². The van der Waals surface area contributed by atoms with Crippen LogP contribution in [0, 0.1) is 0 Å². The summed E-state index contributed by atoms with van der Waals surface area (Å²) in [7, 11) is 0. The summed E-state index contributed by atoms with van der Waals surface area (Å²) in [5, 5.41) is 2.25. The van der Waals surface area contributed by atoms with Crippen LogP contribution in [0.3, 0.4) is 0 Å². The Morgan fingerprint density at radius 2 is 1.75 bits per heavy atom. The Bertz CT molecular complexity index is 601. The third kappa shape index (κ3) is 1.19. The van der Waals surface area contributed by atoms with E-state index in [1.54, 1.807) is 12.5 Å². The Labute approximate surface area is 93.8 Å². The molecule has 2 aromatic heterocycles. The van der Waals surface area contributed by atoms with E-state index < -0.39 is 0 Å². The first-order chi connectivity index (χ1) is 7.57. The fourth-order valence-electron chi connectivity index (χ4n) is 2.28. The Morgan fingerprint density at radius 1 is 1.00 bits per heavy atom. The molecule has 0 bridgehead atoms. The molecule has 3 aromatic rings. The Hall–Kier alpha value is -1.70. The molecule has 0 aliphatic carbocycles. The summed E-state index contributed by atoms with van der Waals surface area (Å²) in [6, 6.07) is 6.02. The molecule has 16 heavy (non-hydrogen) atoms. The molecule has 2 nitrogen and oxygen atoms in total. The van der Waals surface area contributed by atoms with E-state index >= 15 is 0 Å². The molecule has 0 saturated heterocycles. The zero-order valence-corrected chi connectivity index (χ0v) is 9.70. The molecule has 0 unspecified atom stereocenters. The van der Waals surface area contributed by atoms with Crippen LogP contribution in [0.4, 0.5) is 0 Å². The lowest BCUT2D eigenvalue weighted by Crippen LogP contribution is -2.11. The zero-order valence-electron chi connectivity index (χ0n) is 9.70. The molecule has 0 fully saturated rings. The second kappa shape index (κ2) is 2.91. The summed E-state index contributed by atoms with van der Waals surface area (Å²) in [4.78, 5) is 0. The van der Waals surface area contributed by atoms with Gasteiger partial charge in [0.1, 0.15) is 11.2 Å². The Morgan fingerprint density at radius 3 is 2.50 bits per heavy atom. The lowest BCUT2D eigenvalue weighted by molar-refractivity contribution is 0.562. The van der Waals surface area contributed by atoms with Crippen molar-refractivity contribution in [1.29, 1.82) is 0 Å². The van der Waals surface area contributed by atoms with Crippen LogP contribution in [0.15, 0.2) is 39.6 Å². The molecule has 0 aliphatic heterocycles. The van der Waals surface area contributed by atoms with Crippen LogP contribution in [0.1, 0.15) is 26.3 Å². The molecule has 0 atom stereocenters. The maximum absolute atomic E-state index is 5.61. The zero-order chi connectivity index (χ0) is 11.3. The normalized spacial score (nSPS) is 12.7. The molecule has 0 spiro atoms. The van der Waals surface area contributed by atoms with Crippen molar-refractivity contribution in [1.82, 2.24) is 0 Å². The van der Waals surface area contributed by atoms with Crippen molar-refractivity contribution in [3.05, 3.63) is 36.3 Å². The number of rotatable bonds is 0. The van der Waals surface area contributed by atoms with Gasteiger partial charge in [-0.3, -0.25) is 0 Å². The van der Waals surface area contributed by atoms with Gasteiger partial charge in [0.15, 0.2) is 0 Å². The fourth-order valence-corrected chi connectivity index (χ4v) is 2.28. The highest BCUT2D eigenvalue weighted by molar-refractivity contribution is 5.98. The largest absolute Gasteiger partial charge is 0.464 e. The molecule has 0 amide bonds. The van der Waals surface area contributed by atoms with Crippen LogP contribution in [-0.4, -0.2) is 0 Å². The number of hydrogen-bond acceptors (Lipinski definition) is 2. The lowest BCUT2D eigenvalue weighted by atomic mass is 9.84. The summed E-state index contributed by atoms with van der Waals surface area (Å²) < 4.78 is 11.1. The summed E-state index contributed by atoms with van der Waals surface area (Å²) in [6.07, 6.45) is 3.47. The van der Waals surface area contributed by atoms with E-state index in [1.807, 2.05) is 18.2 Å². The van der Waals surface area contributed by atoms with Gasteiger partial charge in [-0.2, -0.15) is 0 Å². The van der Waals surface area contributed by atoms with E-state index in [4.69, 9.17) is 8.83 Å². The number of hydrogen-bond donors (Lipinski definition) is 0. The van der Waals surface area contributed by atoms with Gasteiger partial charge in [-0.1, -0.05) is 20.8 Å². The minimum atomic E-state index is 0.0412. The quantitative estimate of drug-likeness (QED) is 0.551. The smallest absolute Gasteiger partial charge is 0.138 e. The fraction of sp³-hybridized carbons (Fsp3) is 0.286. The molecular weight excluding hydrogens is 200 g/mol. The first-order valence-electron chi connectivity index (χ1n) is 5.45. The average molecular weight is 214 g/mol. The predicted molar refractivity (Wildman–Crippen MR) is 64.7 cm³/mol. The summed E-state index contributed by atoms with van der Waals surface area (Å²) in [5.74, 6) is 0. The Kier molecular flexibility index (Phi) is 1.73. The van der Waals surface area contributed by atoms with Gasteiger partial charge in [-0.15, -0.1) is 0 Å². The van der Waals surface area contributed by atoms with Crippen LogP contribution in [-0.2, 0) is 5.41 Å². The minimum absolute atomic E-state index is 0.0412. The predicted octanol–water partition coefficient (Wildman–Crippen LogP) is 4.48. The van der Waals surface area contributed by atoms with Gasteiger partial charge < -0.3 is 8.83 Å². The van der Waals surface area contributed by atoms with Gasteiger partial charge in [0.2, 0.25) is 0 Å². The van der Waals surface area contributed by atoms with Crippen molar-refractivity contribution in [2.45, 2.75) is 26.2 Å². The number of furan rings is 2. The number of fused-ring (bicyclic) bond motifs is 2. The van der Waals surface area contributed by atoms with Gasteiger partial charge in [-0.05, 0) is 23.6 Å². The van der Waals surface area contributed by atoms with E-state index in [0.29, 0.717) is 0 Å². The standard InChI is InChI=1S/C14H14O2/c1-14(2,3)12-10-5-7-15-11(10)8-9-4-6-16-13(9)12/h4-8H,1-3H3. The maximum atomic E-state index is 5.61. The van der Waals surface area contributed by atoms with E-state index in [9.17, 15) is 0 Å². The third-order valence-corrected chi connectivity index (χ3v) is 2.92. The van der Waals surface area contributed by atoms with E-state index in [2.05, 4.69) is 20.8 Å². The first-order valence-corrected chi connectivity index (χ1v) is 5.45. The van der Waals surface area contributed by atoms with Crippen LogP contribution in [0.25, 0.3) is 21.9 Å². The van der Waals surface area contributed by atoms with Gasteiger partial charge in [0, 0.05) is 16.3 Å². The number of benzene rings is 1. The SMILES string of the molecule is CC(C)(C)c1c2ccoc2cc2ccoc12. The summed E-state index contributed by atoms with van der Waals surface area (Å²) >= 11 is 0. The second-order valence-electron chi connectivity index (χ2n) is 5.17. The molecule has 82 valence electrons. The second-order valence-corrected chi connectivity index (χ2v) is 5.17. The van der Waals surface area contributed by atoms with Crippen molar-refractivity contribution >= 4 is 21.9 Å². The molecule has 0 saturated carbocycles. The van der Waals surface area contributed by atoms with Crippen LogP contribution >= 0.6 is 0 Å². The highest BCUT2D eigenvalue weighted by Crippen LogP contribution is 2.37. The molecule has 1 aromatic carbocycles. The topological polar surface area (TPSA) is 26.3 Å². The monoisotopic (exact) mass is 214 g/mol. The maximum Gasteiger partial charge on any atom is 0.138 e. The van der Waals surface area contributed by atoms with E-state index in [0.717, 1.165) is 21.9 Å². The van der Waals surface area contributed by atoms with Crippen LogP contribution in [0.2, 0.25) is 0 Å². The summed E-state index contributed by atoms with van der Waals surface area (Å²) in [6.45, 7) is 6.57. The molecule has 2 heteroatoms. The highest BCUT2D eigenvalue weighted by Gasteiger charge is 2.23. The lowest BCUT2D eigenvalue weighted by Gasteiger charge is -2.20. The average Bonchev–Trinajstić information content (AvgIpc) is 2.77. The molecular formula is C14H14O2.